The molecule has 2 heteroatoms. The maximum atomic E-state index is 10.7. The summed E-state index contributed by atoms with van der Waals surface area (Å²) in [6.45, 7) is 3.66. The maximum Gasteiger partial charge on any atom is 0.306 e. The molecule has 0 amide bonds. The molecule has 2 nitrogen and oxygen atoms in total. The van der Waals surface area contributed by atoms with Gasteiger partial charge in [0.1, 0.15) is 6.10 Å². The standard InChI is InChI=1S/C10H16O2/c1-2-3-4-5-6-9-7-8-10(11)12-9/h2,9H,1,3-8H2. The third kappa shape index (κ3) is 3.07. The first-order valence-electron chi connectivity index (χ1n) is 4.63. The molecule has 0 N–H and O–H groups in total. The number of esters is 1. The molecule has 1 rings (SSSR count). The molecule has 68 valence electrons. The number of rotatable bonds is 5. The first kappa shape index (κ1) is 9.30. The molecule has 12 heavy (non-hydrogen) atoms. The minimum absolute atomic E-state index is 0.0243. The van der Waals surface area contributed by atoms with Gasteiger partial charge in [0.05, 0.1) is 0 Å². The first-order valence-corrected chi connectivity index (χ1v) is 4.63. The van der Waals surface area contributed by atoms with Crippen molar-refractivity contribution < 1.29 is 9.53 Å². The zero-order valence-corrected chi connectivity index (χ0v) is 7.42. The number of unbranched alkanes of at least 4 members (excludes halogenated alkanes) is 2. The summed E-state index contributed by atoms with van der Waals surface area (Å²) in [5.41, 5.74) is 0. The van der Waals surface area contributed by atoms with E-state index in [-0.39, 0.29) is 12.1 Å². The zero-order valence-electron chi connectivity index (χ0n) is 7.42. The fraction of sp³-hybridized carbons (Fsp3) is 0.700. The Hall–Kier alpha value is -0.790. The van der Waals surface area contributed by atoms with Crippen LogP contribution in [0.2, 0.25) is 0 Å². The lowest BCUT2D eigenvalue weighted by atomic mass is 10.1. The second-order valence-corrected chi connectivity index (χ2v) is 3.22. The monoisotopic (exact) mass is 168 g/mol. The van der Waals surface area contributed by atoms with Crippen LogP contribution in [0.25, 0.3) is 0 Å². The van der Waals surface area contributed by atoms with Crippen molar-refractivity contribution in [3.63, 3.8) is 0 Å². The average molecular weight is 168 g/mol. The van der Waals surface area contributed by atoms with E-state index in [2.05, 4.69) is 6.58 Å². The molecule has 0 aromatic heterocycles. The SMILES string of the molecule is C=CCCCCC1CCC(=O)O1. The van der Waals surface area contributed by atoms with Gasteiger partial charge in [0.2, 0.25) is 0 Å². The highest BCUT2D eigenvalue weighted by atomic mass is 16.5. The Labute approximate surface area is 73.6 Å². The van der Waals surface area contributed by atoms with E-state index in [0.29, 0.717) is 6.42 Å². The molecular formula is C10H16O2. The number of ether oxygens (including phenoxy) is 1. The Morgan fingerprint density at radius 1 is 1.58 bits per heavy atom. The molecule has 0 aromatic carbocycles. The van der Waals surface area contributed by atoms with E-state index in [9.17, 15) is 4.79 Å². The van der Waals surface area contributed by atoms with Gasteiger partial charge in [-0.2, -0.15) is 0 Å². The quantitative estimate of drug-likeness (QED) is 0.358. The van der Waals surface area contributed by atoms with Crippen molar-refractivity contribution in [3.8, 4) is 0 Å². The highest BCUT2D eigenvalue weighted by molar-refractivity contribution is 5.71. The Morgan fingerprint density at radius 2 is 2.42 bits per heavy atom. The van der Waals surface area contributed by atoms with Crippen molar-refractivity contribution in [1.82, 2.24) is 0 Å². The molecule has 0 radical (unpaired) electrons. The fourth-order valence-electron chi connectivity index (χ4n) is 1.45. The number of carbonyl (C=O) groups is 1. The summed E-state index contributed by atoms with van der Waals surface area (Å²) in [4.78, 5) is 10.7. The minimum atomic E-state index is -0.0243. The number of allylic oxidation sites excluding steroid dienone is 1. The number of cyclic esters (lactones) is 1. The van der Waals surface area contributed by atoms with Gasteiger partial charge in [0, 0.05) is 6.42 Å². The highest BCUT2D eigenvalue weighted by Crippen LogP contribution is 2.19. The van der Waals surface area contributed by atoms with E-state index in [1.807, 2.05) is 6.08 Å². The van der Waals surface area contributed by atoms with Crippen molar-refractivity contribution >= 4 is 5.97 Å². The van der Waals surface area contributed by atoms with Crippen LogP contribution in [-0.4, -0.2) is 12.1 Å². The van der Waals surface area contributed by atoms with Crippen molar-refractivity contribution in [2.45, 2.75) is 44.6 Å². The van der Waals surface area contributed by atoms with Crippen molar-refractivity contribution in [3.05, 3.63) is 12.7 Å². The molecule has 0 aromatic rings. The molecular weight excluding hydrogens is 152 g/mol. The Balaban J connectivity index is 2.00. The van der Waals surface area contributed by atoms with E-state index < -0.39 is 0 Å². The Morgan fingerprint density at radius 3 is 3.00 bits per heavy atom. The molecule has 1 unspecified atom stereocenters. The predicted molar refractivity (Wildman–Crippen MR) is 47.8 cm³/mol. The lowest BCUT2D eigenvalue weighted by Gasteiger charge is -2.07. The van der Waals surface area contributed by atoms with Crippen LogP contribution < -0.4 is 0 Å². The Kier molecular flexibility index (Phi) is 3.85. The van der Waals surface area contributed by atoms with Crippen LogP contribution in [0.4, 0.5) is 0 Å². The van der Waals surface area contributed by atoms with Crippen LogP contribution in [0.1, 0.15) is 38.5 Å². The molecule has 0 aliphatic carbocycles. The number of hydrogen-bond acceptors (Lipinski definition) is 2. The van der Waals surface area contributed by atoms with Gasteiger partial charge in [0.25, 0.3) is 0 Å². The third-order valence-electron chi connectivity index (χ3n) is 2.15. The van der Waals surface area contributed by atoms with Crippen LogP contribution in [0.3, 0.4) is 0 Å². The lowest BCUT2D eigenvalue weighted by molar-refractivity contribution is -0.141. The lowest BCUT2D eigenvalue weighted by Crippen LogP contribution is -2.05. The van der Waals surface area contributed by atoms with Gasteiger partial charge >= 0.3 is 5.97 Å². The normalized spacial score (nSPS) is 22.3. The van der Waals surface area contributed by atoms with Crippen LogP contribution in [0.5, 0.6) is 0 Å². The summed E-state index contributed by atoms with van der Waals surface area (Å²) in [5.74, 6) is -0.0243. The first-order chi connectivity index (χ1) is 5.83. The fourth-order valence-corrected chi connectivity index (χ4v) is 1.45. The summed E-state index contributed by atoms with van der Waals surface area (Å²) in [7, 11) is 0. The van der Waals surface area contributed by atoms with Crippen LogP contribution >= 0.6 is 0 Å². The Bertz CT molecular complexity index is 163. The molecule has 0 saturated carbocycles. The van der Waals surface area contributed by atoms with Gasteiger partial charge in [-0.3, -0.25) is 4.79 Å². The molecule has 0 spiro atoms. The van der Waals surface area contributed by atoms with Gasteiger partial charge in [-0.1, -0.05) is 6.08 Å². The molecule has 1 saturated heterocycles. The van der Waals surface area contributed by atoms with Crippen LogP contribution in [-0.2, 0) is 9.53 Å². The largest absolute Gasteiger partial charge is 0.462 e. The third-order valence-corrected chi connectivity index (χ3v) is 2.15. The summed E-state index contributed by atoms with van der Waals surface area (Å²) in [6.07, 6.45) is 8.09. The van der Waals surface area contributed by atoms with E-state index in [1.165, 1.54) is 0 Å². The minimum Gasteiger partial charge on any atom is -0.462 e. The second-order valence-electron chi connectivity index (χ2n) is 3.22. The van der Waals surface area contributed by atoms with Crippen LogP contribution in [0, 0.1) is 0 Å². The van der Waals surface area contributed by atoms with Gasteiger partial charge < -0.3 is 4.74 Å². The second kappa shape index (κ2) is 4.96. The summed E-state index contributed by atoms with van der Waals surface area (Å²) in [5, 5.41) is 0. The predicted octanol–water partition coefficient (Wildman–Crippen LogP) is 2.44. The smallest absolute Gasteiger partial charge is 0.306 e. The van der Waals surface area contributed by atoms with Crippen LogP contribution in [0.15, 0.2) is 12.7 Å². The molecule has 1 heterocycles. The van der Waals surface area contributed by atoms with E-state index in [1.54, 1.807) is 0 Å². The van der Waals surface area contributed by atoms with E-state index in [4.69, 9.17) is 4.74 Å². The van der Waals surface area contributed by atoms with Gasteiger partial charge in [-0.05, 0) is 32.1 Å². The summed E-state index contributed by atoms with van der Waals surface area (Å²) in [6, 6.07) is 0. The van der Waals surface area contributed by atoms with Crippen molar-refractivity contribution in [2.75, 3.05) is 0 Å². The molecule has 1 fully saturated rings. The van der Waals surface area contributed by atoms with Gasteiger partial charge in [-0.15, -0.1) is 6.58 Å². The van der Waals surface area contributed by atoms with Crippen molar-refractivity contribution in [1.29, 1.82) is 0 Å². The number of hydrogen-bond donors (Lipinski definition) is 0. The zero-order chi connectivity index (χ0) is 8.81. The van der Waals surface area contributed by atoms with E-state index >= 15 is 0 Å². The molecule has 0 bridgehead atoms. The maximum absolute atomic E-state index is 10.7. The van der Waals surface area contributed by atoms with Crippen molar-refractivity contribution in [2.24, 2.45) is 0 Å². The summed E-state index contributed by atoms with van der Waals surface area (Å²) < 4.78 is 5.08. The molecule has 1 aliphatic rings. The average Bonchev–Trinajstić information content (AvgIpc) is 2.45. The topological polar surface area (TPSA) is 26.3 Å². The highest BCUT2D eigenvalue weighted by Gasteiger charge is 2.22. The molecule has 1 aliphatic heterocycles. The summed E-state index contributed by atoms with van der Waals surface area (Å²) >= 11 is 0. The van der Waals surface area contributed by atoms with Gasteiger partial charge in [-0.25, -0.2) is 0 Å². The number of carbonyl (C=O) groups excluding carboxylic acids is 1. The van der Waals surface area contributed by atoms with Gasteiger partial charge in [0.15, 0.2) is 0 Å². The molecule has 1 atom stereocenters. The van der Waals surface area contributed by atoms with E-state index in [0.717, 1.165) is 32.1 Å².